The molecule has 0 aromatic carbocycles. The molecule has 0 saturated carbocycles. The second-order valence-corrected chi connectivity index (χ2v) is 2.27. The fourth-order valence-corrected chi connectivity index (χ4v) is 0.641. The molecule has 0 atom stereocenters. The van der Waals surface area contributed by atoms with Gasteiger partial charge < -0.3 is 10.6 Å². The second kappa shape index (κ2) is 3.87. The van der Waals surface area contributed by atoms with Gasteiger partial charge in [-0.1, -0.05) is 0 Å². The molecule has 60 valence electrons. The Labute approximate surface area is 69.6 Å². The highest BCUT2D eigenvalue weighted by Gasteiger charge is 1.94. The summed E-state index contributed by atoms with van der Waals surface area (Å²) in [6.07, 6.45) is 1.46. The van der Waals surface area contributed by atoms with Crippen molar-refractivity contribution in [1.29, 1.82) is 0 Å². The van der Waals surface area contributed by atoms with Crippen molar-refractivity contribution in [2.45, 2.75) is 6.54 Å². The Kier molecular flexibility index (Phi) is 2.79. The van der Waals surface area contributed by atoms with E-state index in [1.165, 1.54) is 6.33 Å². The molecule has 0 bridgehead atoms. The van der Waals surface area contributed by atoms with Gasteiger partial charge in [-0.25, -0.2) is 4.98 Å². The second-order valence-electron chi connectivity index (χ2n) is 1.86. The monoisotopic (exact) mass is 171 g/mol. The van der Waals surface area contributed by atoms with Crippen LogP contribution in [-0.4, -0.2) is 27.3 Å². The molecule has 11 heavy (non-hydrogen) atoms. The van der Waals surface area contributed by atoms with Crippen molar-refractivity contribution < 1.29 is 0 Å². The van der Waals surface area contributed by atoms with Gasteiger partial charge in [0.15, 0.2) is 5.11 Å². The molecule has 0 saturated heterocycles. The molecule has 1 aromatic heterocycles. The average molecular weight is 171 g/mol. The summed E-state index contributed by atoms with van der Waals surface area (Å²) in [5.41, 5.74) is 0. The van der Waals surface area contributed by atoms with E-state index in [1.807, 2.05) is 0 Å². The third-order valence-electron chi connectivity index (χ3n) is 1.11. The van der Waals surface area contributed by atoms with Gasteiger partial charge in [0.2, 0.25) is 0 Å². The van der Waals surface area contributed by atoms with Gasteiger partial charge in [0.1, 0.15) is 12.2 Å². The van der Waals surface area contributed by atoms with Crippen LogP contribution in [0.25, 0.3) is 0 Å². The van der Waals surface area contributed by atoms with E-state index in [-0.39, 0.29) is 0 Å². The summed E-state index contributed by atoms with van der Waals surface area (Å²) < 4.78 is 0. The van der Waals surface area contributed by atoms with Crippen molar-refractivity contribution >= 4 is 17.3 Å². The lowest BCUT2D eigenvalue weighted by atomic mass is 10.6. The molecular formula is C5H9N5S. The van der Waals surface area contributed by atoms with Gasteiger partial charge in [-0.15, -0.1) is 0 Å². The van der Waals surface area contributed by atoms with E-state index in [1.54, 1.807) is 7.05 Å². The van der Waals surface area contributed by atoms with E-state index < -0.39 is 0 Å². The van der Waals surface area contributed by atoms with Crippen LogP contribution in [0.2, 0.25) is 0 Å². The van der Waals surface area contributed by atoms with E-state index in [0.29, 0.717) is 11.7 Å². The Morgan fingerprint density at radius 1 is 1.82 bits per heavy atom. The van der Waals surface area contributed by atoms with Crippen LogP contribution in [0, 0.1) is 0 Å². The minimum atomic E-state index is 0.569. The van der Waals surface area contributed by atoms with Gasteiger partial charge in [-0.05, 0) is 12.2 Å². The van der Waals surface area contributed by atoms with Crippen LogP contribution in [0.3, 0.4) is 0 Å². The summed E-state index contributed by atoms with van der Waals surface area (Å²) in [7, 11) is 1.76. The molecular weight excluding hydrogens is 162 g/mol. The molecule has 0 aliphatic carbocycles. The van der Waals surface area contributed by atoms with Gasteiger partial charge in [-0.3, -0.25) is 5.10 Å². The van der Waals surface area contributed by atoms with Crippen molar-refractivity contribution in [2.24, 2.45) is 0 Å². The van der Waals surface area contributed by atoms with Crippen LogP contribution in [0.15, 0.2) is 6.33 Å². The van der Waals surface area contributed by atoms with E-state index in [2.05, 4.69) is 25.8 Å². The largest absolute Gasteiger partial charge is 0.366 e. The summed E-state index contributed by atoms with van der Waals surface area (Å²) in [6, 6.07) is 0. The number of H-pyrrole nitrogens is 1. The third kappa shape index (κ3) is 2.50. The molecule has 0 aliphatic rings. The highest BCUT2D eigenvalue weighted by atomic mass is 32.1. The van der Waals surface area contributed by atoms with Crippen LogP contribution in [0.5, 0.6) is 0 Å². The first-order valence-corrected chi connectivity index (χ1v) is 3.53. The van der Waals surface area contributed by atoms with Gasteiger partial charge in [0.05, 0.1) is 6.54 Å². The first kappa shape index (κ1) is 7.93. The molecule has 1 heterocycles. The molecule has 3 N–H and O–H groups in total. The molecule has 5 nitrogen and oxygen atoms in total. The van der Waals surface area contributed by atoms with Gasteiger partial charge in [0.25, 0.3) is 0 Å². The number of hydrogen-bond donors (Lipinski definition) is 3. The summed E-state index contributed by atoms with van der Waals surface area (Å²) in [5.74, 6) is 0.766. The zero-order chi connectivity index (χ0) is 8.10. The van der Waals surface area contributed by atoms with Crippen LogP contribution in [0.1, 0.15) is 5.82 Å². The fourth-order valence-electron chi connectivity index (χ4n) is 0.568. The van der Waals surface area contributed by atoms with Gasteiger partial charge >= 0.3 is 0 Å². The third-order valence-corrected chi connectivity index (χ3v) is 1.46. The molecule has 0 radical (unpaired) electrons. The molecule has 1 aromatic rings. The first-order chi connectivity index (χ1) is 5.33. The standard InChI is InChI=1S/C5H9N5S/c1-6-5(11)7-2-4-8-3-9-10-4/h3H,2H2,1H3,(H2,6,7,11)(H,8,9,10). The van der Waals surface area contributed by atoms with Crippen LogP contribution >= 0.6 is 12.2 Å². The SMILES string of the molecule is CNC(=S)NCc1ncn[nH]1. The smallest absolute Gasteiger partial charge is 0.166 e. The minimum Gasteiger partial charge on any atom is -0.366 e. The lowest BCUT2D eigenvalue weighted by Gasteiger charge is -2.02. The lowest BCUT2D eigenvalue weighted by molar-refractivity contribution is 0.819. The number of aromatic amines is 1. The normalized spacial score (nSPS) is 9.18. The minimum absolute atomic E-state index is 0.569. The number of nitrogens with zero attached hydrogens (tertiary/aromatic N) is 2. The quantitative estimate of drug-likeness (QED) is 0.518. The molecule has 0 aliphatic heterocycles. The van der Waals surface area contributed by atoms with Crippen LogP contribution < -0.4 is 10.6 Å². The average Bonchev–Trinajstić information content (AvgIpc) is 2.52. The summed E-state index contributed by atoms with van der Waals surface area (Å²) in [5, 5.41) is 12.7. The van der Waals surface area contributed by atoms with E-state index in [9.17, 15) is 0 Å². The predicted octanol–water partition coefficient (Wildman–Crippen LogP) is -0.601. The Morgan fingerprint density at radius 3 is 3.18 bits per heavy atom. The lowest BCUT2D eigenvalue weighted by Crippen LogP contribution is -2.32. The van der Waals surface area contributed by atoms with E-state index in [4.69, 9.17) is 12.2 Å². The van der Waals surface area contributed by atoms with Gasteiger partial charge in [0, 0.05) is 7.05 Å². The van der Waals surface area contributed by atoms with Crippen molar-refractivity contribution in [3.05, 3.63) is 12.2 Å². The van der Waals surface area contributed by atoms with Crippen molar-refractivity contribution in [3.63, 3.8) is 0 Å². The fraction of sp³-hybridized carbons (Fsp3) is 0.400. The van der Waals surface area contributed by atoms with Crippen molar-refractivity contribution in [2.75, 3.05) is 7.05 Å². The zero-order valence-electron chi connectivity index (χ0n) is 6.09. The number of nitrogens with one attached hydrogen (secondary N) is 3. The summed E-state index contributed by atoms with van der Waals surface area (Å²) in [4.78, 5) is 3.91. The maximum Gasteiger partial charge on any atom is 0.166 e. The van der Waals surface area contributed by atoms with Crippen molar-refractivity contribution in [3.8, 4) is 0 Å². The van der Waals surface area contributed by atoms with Gasteiger partial charge in [-0.2, -0.15) is 5.10 Å². The molecule has 0 fully saturated rings. The Morgan fingerprint density at radius 2 is 2.64 bits per heavy atom. The predicted molar refractivity (Wildman–Crippen MR) is 44.9 cm³/mol. The topological polar surface area (TPSA) is 65.6 Å². The number of thiocarbonyl (C=S) groups is 1. The highest BCUT2D eigenvalue weighted by Crippen LogP contribution is 1.82. The maximum absolute atomic E-state index is 4.84. The molecule has 0 spiro atoms. The summed E-state index contributed by atoms with van der Waals surface area (Å²) >= 11 is 4.84. The van der Waals surface area contributed by atoms with Crippen LogP contribution in [0.4, 0.5) is 0 Å². The number of hydrogen-bond acceptors (Lipinski definition) is 3. The molecule has 1 rings (SSSR count). The molecule has 0 unspecified atom stereocenters. The van der Waals surface area contributed by atoms with E-state index >= 15 is 0 Å². The number of rotatable bonds is 2. The Bertz CT molecular complexity index is 219. The Hall–Kier alpha value is -1.17. The zero-order valence-corrected chi connectivity index (χ0v) is 6.90. The van der Waals surface area contributed by atoms with Crippen molar-refractivity contribution in [1.82, 2.24) is 25.8 Å². The highest BCUT2D eigenvalue weighted by molar-refractivity contribution is 7.80. The molecule has 0 amide bonds. The van der Waals surface area contributed by atoms with E-state index in [0.717, 1.165) is 5.82 Å². The Balaban J connectivity index is 2.29. The maximum atomic E-state index is 4.84. The first-order valence-electron chi connectivity index (χ1n) is 3.12. The summed E-state index contributed by atoms with van der Waals surface area (Å²) in [6.45, 7) is 0.569. The van der Waals surface area contributed by atoms with Crippen LogP contribution in [-0.2, 0) is 6.54 Å². The number of aromatic nitrogens is 3. The molecule has 6 heteroatoms.